The van der Waals surface area contributed by atoms with Crippen LogP contribution >= 0.6 is 0 Å². The number of carboxylic acid groups (broad SMARTS) is 1. The van der Waals surface area contributed by atoms with Crippen LogP contribution < -0.4 is 4.74 Å². The molecule has 0 saturated carbocycles. The number of ether oxygens (including phenoxy) is 1. The Morgan fingerprint density at radius 3 is 2.22 bits per heavy atom. The second-order valence-electron chi connectivity index (χ2n) is 14.0. The van der Waals surface area contributed by atoms with Gasteiger partial charge in [0.25, 0.3) is 5.91 Å². The van der Waals surface area contributed by atoms with Crippen LogP contribution in [0.4, 0.5) is 4.79 Å². The standard InChI is InChI=1S/C37H44N6O6S/c1-37(2,3)34-30(22-26-12-7-5-8-13-26)41(20-21-42(34)36(45)46)35(44)32-33(27-14-9-6-10-15-27)43(25-39-32)28-16-11-19-40(24-28)50(47,48)29-17-18-31(49-4)38-23-29/h5-10,12-15,17-18,23,25,28,30,34H,11,16,19-22,24H2,1-4H3,(H,45,46)/t28?,30-,34?/m1/s1. The first-order valence-corrected chi connectivity index (χ1v) is 18.3. The fourth-order valence-corrected chi connectivity index (χ4v) is 8.92. The van der Waals surface area contributed by atoms with Gasteiger partial charge in [-0.25, -0.2) is 23.2 Å². The lowest BCUT2D eigenvalue weighted by Crippen LogP contribution is -2.66. The maximum Gasteiger partial charge on any atom is 0.407 e. The Hall–Kier alpha value is -4.75. The zero-order valence-electron chi connectivity index (χ0n) is 28.8. The third kappa shape index (κ3) is 6.97. The van der Waals surface area contributed by atoms with E-state index in [2.05, 4.69) is 4.98 Å². The Balaban J connectivity index is 1.38. The topological polar surface area (TPSA) is 138 Å². The molecule has 3 atom stereocenters. The van der Waals surface area contributed by atoms with Crippen molar-refractivity contribution in [1.29, 1.82) is 0 Å². The first-order chi connectivity index (χ1) is 23.9. The molecule has 4 heterocycles. The highest BCUT2D eigenvalue weighted by atomic mass is 32.2. The molecule has 0 aliphatic carbocycles. The van der Waals surface area contributed by atoms with Gasteiger partial charge < -0.3 is 24.2 Å². The molecule has 12 nitrogen and oxygen atoms in total. The molecule has 264 valence electrons. The molecular formula is C37H44N6O6S. The van der Waals surface area contributed by atoms with Crippen molar-refractivity contribution in [2.45, 2.75) is 63.1 Å². The summed E-state index contributed by atoms with van der Waals surface area (Å²) < 4.78 is 36.0. The van der Waals surface area contributed by atoms with Crippen molar-refractivity contribution in [2.24, 2.45) is 5.41 Å². The van der Waals surface area contributed by atoms with Crippen LogP contribution in [0, 0.1) is 5.41 Å². The van der Waals surface area contributed by atoms with Gasteiger partial charge in [-0.05, 0) is 36.3 Å². The SMILES string of the molecule is COc1ccc(S(=O)(=O)N2CCCC(n3cnc(C(=O)N4CCN(C(=O)O)C(C(C)(C)C)[C@H]4Cc4ccccc4)c3-c3ccccc3)C2)cn1. The van der Waals surface area contributed by atoms with Crippen LogP contribution in [-0.4, -0.2) is 99.5 Å². The summed E-state index contributed by atoms with van der Waals surface area (Å²) >= 11 is 0. The average molecular weight is 701 g/mol. The summed E-state index contributed by atoms with van der Waals surface area (Å²) in [5.41, 5.74) is 2.17. The molecule has 0 spiro atoms. The van der Waals surface area contributed by atoms with Crippen LogP contribution in [0.2, 0.25) is 0 Å². The fourth-order valence-electron chi connectivity index (χ4n) is 7.46. The summed E-state index contributed by atoms with van der Waals surface area (Å²) in [4.78, 5) is 39.6. The van der Waals surface area contributed by atoms with Crippen molar-refractivity contribution in [3.63, 3.8) is 0 Å². The minimum atomic E-state index is -3.85. The number of benzene rings is 2. The number of hydrogen-bond acceptors (Lipinski definition) is 7. The molecule has 0 bridgehead atoms. The van der Waals surface area contributed by atoms with Crippen LogP contribution in [0.3, 0.4) is 0 Å². The van der Waals surface area contributed by atoms with E-state index in [-0.39, 0.29) is 42.2 Å². The van der Waals surface area contributed by atoms with Crippen molar-refractivity contribution in [2.75, 3.05) is 33.3 Å². The number of hydrogen-bond donors (Lipinski definition) is 1. The van der Waals surface area contributed by atoms with E-state index in [9.17, 15) is 23.1 Å². The second kappa shape index (κ2) is 14.2. The number of amides is 2. The van der Waals surface area contributed by atoms with Gasteiger partial charge in [0, 0.05) is 43.9 Å². The number of carbonyl (C=O) groups is 2. The summed E-state index contributed by atoms with van der Waals surface area (Å²) in [5, 5.41) is 10.3. The third-order valence-electron chi connectivity index (χ3n) is 9.72. The van der Waals surface area contributed by atoms with Crippen LogP contribution in [0.25, 0.3) is 11.3 Å². The fraction of sp³-hybridized carbons (Fsp3) is 0.405. The van der Waals surface area contributed by atoms with Crippen LogP contribution in [-0.2, 0) is 16.4 Å². The molecule has 1 N–H and O–H groups in total. The molecule has 4 aromatic rings. The van der Waals surface area contributed by atoms with E-state index in [1.54, 1.807) is 11.2 Å². The molecule has 0 radical (unpaired) electrons. The van der Waals surface area contributed by atoms with Crippen molar-refractivity contribution in [3.05, 3.63) is 96.6 Å². The summed E-state index contributed by atoms with van der Waals surface area (Å²) in [6.45, 7) is 6.96. The van der Waals surface area contributed by atoms with Crippen molar-refractivity contribution >= 4 is 22.0 Å². The number of pyridine rings is 1. The second-order valence-corrected chi connectivity index (χ2v) is 15.9. The summed E-state index contributed by atoms with van der Waals surface area (Å²) in [5.74, 6) is 0.0419. The number of sulfonamides is 1. The monoisotopic (exact) mass is 700 g/mol. The summed E-state index contributed by atoms with van der Waals surface area (Å²) in [6.07, 6.45) is 3.72. The molecule has 2 aliphatic rings. The molecule has 2 amide bonds. The van der Waals surface area contributed by atoms with E-state index in [1.165, 1.54) is 34.6 Å². The molecule has 2 unspecified atom stereocenters. The normalized spacial score (nSPS) is 20.4. The molecule has 2 saturated heterocycles. The molecule has 50 heavy (non-hydrogen) atoms. The molecule has 2 aliphatic heterocycles. The van der Waals surface area contributed by atoms with Gasteiger partial charge in [0.1, 0.15) is 4.90 Å². The smallest absolute Gasteiger partial charge is 0.407 e. The highest BCUT2D eigenvalue weighted by molar-refractivity contribution is 7.89. The zero-order chi connectivity index (χ0) is 35.6. The Labute approximate surface area is 293 Å². The Morgan fingerprint density at radius 1 is 0.920 bits per heavy atom. The number of piperidine rings is 1. The predicted octanol–water partition coefficient (Wildman–Crippen LogP) is 5.44. The highest BCUT2D eigenvalue weighted by Gasteiger charge is 2.47. The predicted molar refractivity (Wildman–Crippen MR) is 188 cm³/mol. The van der Waals surface area contributed by atoms with Gasteiger partial charge >= 0.3 is 6.09 Å². The maximum absolute atomic E-state index is 14.9. The molecule has 13 heteroatoms. The number of rotatable bonds is 8. The number of methoxy groups -OCH3 is 1. The number of piperazine rings is 1. The summed E-state index contributed by atoms with van der Waals surface area (Å²) in [6, 6.07) is 21.1. The van der Waals surface area contributed by atoms with Crippen molar-refractivity contribution in [3.8, 4) is 17.1 Å². The van der Waals surface area contributed by atoms with E-state index >= 15 is 0 Å². The number of carbonyl (C=O) groups excluding carboxylic acids is 1. The lowest BCUT2D eigenvalue weighted by atomic mass is 9.77. The van der Waals surface area contributed by atoms with Gasteiger partial charge in [-0.1, -0.05) is 81.4 Å². The average Bonchev–Trinajstić information content (AvgIpc) is 3.57. The lowest BCUT2D eigenvalue weighted by Gasteiger charge is -2.51. The van der Waals surface area contributed by atoms with Gasteiger partial charge in [-0.3, -0.25) is 4.79 Å². The molecule has 6 rings (SSSR count). The molecule has 2 aromatic heterocycles. The third-order valence-corrected chi connectivity index (χ3v) is 11.6. The van der Waals surface area contributed by atoms with Gasteiger partial charge in [-0.15, -0.1) is 0 Å². The number of aromatic nitrogens is 3. The first-order valence-electron chi connectivity index (χ1n) is 16.9. The Kier molecular flexibility index (Phi) is 9.99. The molecule has 2 aromatic carbocycles. The minimum Gasteiger partial charge on any atom is -0.481 e. The van der Waals surface area contributed by atoms with E-state index < -0.39 is 33.6 Å². The highest BCUT2D eigenvalue weighted by Crippen LogP contribution is 2.37. The molecule has 2 fully saturated rings. The Morgan fingerprint density at radius 2 is 1.60 bits per heavy atom. The van der Waals surface area contributed by atoms with E-state index in [4.69, 9.17) is 9.72 Å². The summed E-state index contributed by atoms with van der Waals surface area (Å²) in [7, 11) is -2.37. The van der Waals surface area contributed by atoms with Crippen LogP contribution in [0.15, 0.2) is 90.2 Å². The van der Waals surface area contributed by atoms with E-state index in [1.807, 2.05) is 86.0 Å². The Bertz CT molecular complexity index is 1910. The zero-order valence-corrected chi connectivity index (χ0v) is 29.7. The van der Waals surface area contributed by atoms with E-state index in [0.717, 1.165) is 11.1 Å². The number of nitrogens with zero attached hydrogens (tertiary/aromatic N) is 6. The van der Waals surface area contributed by atoms with Crippen molar-refractivity contribution < 1.29 is 27.9 Å². The van der Waals surface area contributed by atoms with Gasteiger partial charge in [-0.2, -0.15) is 4.31 Å². The van der Waals surface area contributed by atoms with E-state index in [0.29, 0.717) is 37.4 Å². The van der Waals surface area contributed by atoms with Crippen molar-refractivity contribution in [1.82, 2.24) is 28.6 Å². The molecular weight excluding hydrogens is 657 g/mol. The maximum atomic E-state index is 14.9. The van der Waals surface area contributed by atoms with Gasteiger partial charge in [0.15, 0.2) is 5.69 Å². The largest absolute Gasteiger partial charge is 0.481 e. The van der Waals surface area contributed by atoms with Crippen LogP contribution in [0.1, 0.15) is 55.7 Å². The van der Waals surface area contributed by atoms with Gasteiger partial charge in [0.2, 0.25) is 15.9 Å². The van der Waals surface area contributed by atoms with Crippen LogP contribution in [0.5, 0.6) is 5.88 Å². The lowest BCUT2D eigenvalue weighted by molar-refractivity contribution is -0.0146. The number of imidazole rings is 1. The van der Waals surface area contributed by atoms with Gasteiger partial charge in [0.05, 0.1) is 37.4 Å². The minimum absolute atomic E-state index is 0.0853. The first kappa shape index (κ1) is 35.1. The quantitative estimate of drug-likeness (QED) is 0.257.